The number of hydrogen-bond donors (Lipinski definition) is 15. The Bertz CT molecular complexity index is 5450. The van der Waals surface area contributed by atoms with Crippen LogP contribution in [-0.4, -0.2) is 167 Å². The highest BCUT2D eigenvalue weighted by Crippen LogP contribution is 2.78. The predicted molar refractivity (Wildman–Crippen MR) is 589 cm³/mol. The number of aliphatic carboxylic acids is 5. The Kier molecular flexibility index (Phi) is 29.3. The average molecular weight is 2120 g/mol. The molecule has 20 saturated carbocycles. The summed E-state index contributed by atoms with van der Waals surface area (Å²) in [6.45, 7) is 29.4. The molecular formula is C130H220O20. The lowest BCUT2D eigenvalue weighted by Gasteiger charge is -2.64. The van der Waals surface area contributed by atoms with Crippen molar-refractivity contribution in [3.63, 3.8) is 0 Å². The first kappa shape index (κ1) is 94.6. The van der Waals surface area contributed by atoms with Gasteiger partial charge in [0.15, 0.2) is 0 Å². The molecule has 20 aliphatic carbocycles. The molecule has 0 spiro atoms. The Balaban J connectivity index is 0.000000148. The van der Waals surface area contributed by atoms with E-state index in [1.165, 1.54) is 0 Å². The molecule has 20 nitrogen and oxygen atoms in total. The summed E-state index contributed by atoms with van der Waals surface area (Å²) in [4.78, 5) is 56.6. The van der Waals surface area contributed by atoms with Gasteiger partial charge in [0, 0.05) is 59.4 Å². The molecule has 0 aliphatic heterocycles. The van der Waals surface area contributed by atoms with Crippen molar-refractivity contribution in [1.29, 1.82) is 0 Å². The molecule has 20 heteroatoms. The third-order valence-electron chi connectivity index (χ3n) is 52.7. The van der Waals surface area contributed by atoms with Crippen molar-refractivity contribution in [2.75, 3.05) is 0 Å². The second kappa shape index (κ2) is 46.4. The van der Waals surface area contributed by atoms with Crippen LogP contribution in [0.4, 0.5) is 0 Å². The Morgan fingerprint density at radius 3 is 0.700 bits per heavy atom. The van der Waals surface area contributed by atoms with Gasteiger partial charge in [-0.15, -0.1) is 0 Å². The lowest BCUT2D eigenvalue weighted by molar-refractivity contribution is -0.203. The number of aliphatic hydroxyl groups excluding tert-OH is 10. The van der Waals surface area contributed by atoms with Crippen molar-refractivity contribution < 1.29 is 128 Å². The summed E-state index contributed by atoms with van der Waals surface area (Å²) in [6.07, 6.45) is 15.1. The maximum absolute atomic E-state index is 11.9. The van der Waals surface area contributed by atoms with E-state index >= 15 is 0 Å². The van der Waals surface area contributed by atoms with Crippen LogP contribution in [0.15, 0.2) is 0 Å². The van der Waals surface area contributed by atoms with Gasteiger partial charge in [-0.25, -0.2) is 0 Å². The number of rotatable bonds is 25. The highest BCUT2D eigenvalue weighted by molar-refractivity contribution is 5.68. The van der Waals surface area contributed by atoms with E-state index in [1.54, 1.807) is 0 Å². The summed E-state index contributed by atoms with van der Waals surface area (Å²) in [7, 11) is 0. The molecule has 20 fully saturated rings. The molecule has 0 saturated heterocycles. The third-order valence-corrected chi connectivity index (χ3v) is 52.7. The number of hydrogen-bond acceptors (Lipinski definition) is 15. The Morgan fingerprint density at radius 2 is 0.467 bits per heavy atom. The van der Waals surface area contributed by atoms with Crippen molar-refractivity contribution in [2.24, 2.45) is 261 Å². The second-order valence-electron chi connectivity index (χ2n) is 58.2. The highest BCUT2D eigenvalue weighted by atomic mass is 16.4. The molecule has 0 heterocycles. The average Bonchev–Trinajstić information content (AvgIpc) is 1.19. The molecule has 150 heavy (non-hydrogen) atoms. The molecular weight excluding hydrogens is 1880 g/mol. The quantitative estimate of drug-likeness (QED) is 0.0404. The molecule has 0 unspecified atom stereocenters. The highest BCUT2D eigenvalue weighted by Gasteiger charge is 2.73. The van der Waals surface area contributed by atoms with E-state index in [4.69, 9.17) is 26.0 Å². The molecule has 0 aromatic rings. The first-order valence-electron chi connectivity index (χ1n) is 71.1. The fourth-order valence-corrected chi connectivity index (χ4v) is 45.4. The van der Waals surface area contributed by atoms with Gasteiger partial charge in [-0.2, -0.15) is 0 Å². The fourth-order valence-electron chi connectivity index (χ4n) is 45.4. The summed E-state index contributed by atoms with van der Waals surface area (Å²) >= 11 is 0. The monoisotopic (exact) mass is 2120 g/mol. The zero-order valence-corrected chi connectivity index (χ0v) is 95.0. The van der Waals surface area contributed by atoms with Gasteiger partial charge in [0.1, 0.15) is 0 Å². The summed E-state index contributed by atoms with van der Waals surface area (Å²) in [5.41, 5.74) is -0.926. The van der Waals surface area contributed by atoms with Crippen LogP contribution in [-0.2, 0) is 24.0 Å². The lowest BCUT2D eigenvalue weighted by atomic mass is 9.41. The first-order chi connectivity index (χ1) is 78.2. The minimum Gasteiger partial charge on any atom is -0.481 e. The molecule has 15 N–H and O–H groups in total. The van der Waals surface area contributed by atoms with E-state index in [-0.39, 0.29) is 230 Å². The van der Waals surface area contributed by atoms with Crippen LogP contribution < -0.4 is 0 Å². The number of aliphatic hydroxyl groups is 10. The Hall–Kier alpha value is -3.05. The zero-order chi connectivity index (χ0) is 127. The second-order valence-corrected chi connectivity index (χ2v) is 58.2. The van der Waals surface area contributed by atoms with Crippen molar-refractivity contribution in [3.05, 3.63) is 0 Å². The SMILES string of the molecule is [2H]C([2H])(C[C@@H](C)[C@H]1CC[C@H]2[C@@H]3[C@H](O)[C@@]([2H])(CC)[C@@H]4C[C@H](O)CC[C@]4(C)[C@H]3CC[C@]12C)C(=O)O.[2H]C([2H])(C[C@@H](C)[C@H]1CC[C@H]2[C@@H]3[C@H](O)[C@H](C([2H])([2H])C([2H])([2H])[2H])[C@@H]4C[C@H](O)CC[C@]4(C)[C@H]3CC[C@]12C)C(=O)O.[2H]C([2H])(C[C@@H](C)[C@H]1CC[C@H]2[C@@H]3[C@H](O)[C@H](CC)[C@@H]4C[C@H](O)CC[C@]4(C)[C@H]3CC[C@]12C)C(=O)O.[2H]C([2H])([2H])C([2H])([2H])[C@H]1[C@@H](O)[C@@H]2[C@H](CC[C@]3(C)[C@@H]([C@H](C)CCC(=O)O)CC[C@@H]23)[C@@]2(C)CC[C@@H](O)C[C@@H]12.[2H]C([2H])([2H])C[C@H]1[C@@H](O)[C@@H]2[C@H](CC[C@]3(C)[C@@H]([C@H](C)CCC(=O)O)CC[C@@H]23)[C@@]2(C)CC[C@@H](O)C[C@@H]12. The topological polar surface area (TPSA) is 389 Å². The van der Waals surface area contributed by atoms with Crippen LogP contribution in [0.3, 0.4) is 0 Å². The maximum atomic E-state index is 11.9. The molecule has 0 radical (unpaired) electrons. The predicted octanol–water partition coefficient (Wildman–Crippen LogP) is 25.6. The molecule has 860 valence electrons. The van der Waals surface area contributed by atoms with Crippen molar-refractivity contribution >= 4 is 29.8 Å². The van der Waals surface area contributed by atoms with Crippen LogP contribution in [0.5, 0.6) is 0 Å². The normalized spacial score (nSPS) is 54.7. The van der Waals surface area contributed by atoms with Gasteiger partial charge in [0.25, 0.3) is 0 Å². The van der Waals surface area contributed by atoms with Crippen LogP contribution in [0.2, 0.25) is 0 Å². The van der Waals surface area contributed by atoms with Crippen molar-refractivity contribution in [2.45, 2.75) is 520 Å². The number of fused-ring (bicyclic) bond motifs is 25. The van der Waals surface area contributed by atoms with Crippen molar-refractivity contribution in [1.82, 2.24) is 0 Å². The summed E-state index contributed by atoms with van der Waals surface area (Å²) < 4.78 is 164. The van der Waals surface area contributed by atoms with Crippen LogP contribution in [0.1, 0.15) is 486 Å². The minimum atomic E-state index is -2.91. The molecule has 0 aromatic heterocycles. The lowest BCUT2D eigenvalue weighted by Crippen LogP contribution is -2.62. The van der Waals surface area contributed by atoms with E-state index in [0.717, 1.165) is 186 Å². The maximum Gasteiger partial charge on any atom is 0.303 e. The summed E-state index contributed by atoms with van der Waals surface area (Å²) in [5.74, 6) is -4.96. The van der Waals surface area contributed by atoms with Gasteiger partial charge >= 0.3 is 29.8 Å². The molecule has 0 aromatic carbocycles. The number of carbonyl (C=O) groups is 5. The smallest absolute Gasteiger partial charge is 0.303 e. The largest absolute Gasteiger partial charge is 0.481 e. The number of carboxylic acids is 5. The minimum absolute atomic E-state index is 0.00158. The van der Waals surface area contributed by atoms with E-state index < -0.39 is 154 Å². The Morgan fingerprint density at radius 1 is 0.253 bits per heavy atom. The molecule has 55 atom stereocenters. The van der Waals surface area contributed by atoms with E-state index in [0.29, 0.717) is 123 Å². The standard InChI is InChI=1S/5C26H44O4/c5*1-5-17-21-14-16(27)10-12-26(21,4)20-11-13-25(3)18(15(2)6-9-22(28)29)7-8-19(25)23(20)24(17)30/h5*15-21,23-24,27,30H,5-14H2,1-4H3,(H,28,29)/t15-,16-,17+,18-,19+,20+,21+,23+,24-,25-,26-;4*15-,16-,17-,18-,19+,20+,21+,23+,24-,25-,26-/m11111/s1/i9D2,17D;1D3,5D2,9D2;1D3,5D2;9D2;1D3. The van der Waals surface area contributed by atoms with Gasteiger partial charge in [0.05, 0.1) is 61.0 Å². The van der Waals surface area contributed by atoms with Crippen LogP contribution >= 0.6 is 0 Å². The first-order valence-corrected chi connectivity index (χ1v) is 61.1. The van der Waals surface area contributed by atoms with E-state index in [2.05, 4.69) is 90.0 Å². The van der Waals surface area contributed by atoms with Crippen LogP contribution in [0, 0.1) is 261 Å². The molecule has 20 rings (SSSR count). The third kappa shape index (κ3) is 21.1. The van der Waals surface area contributed by atoms with Gasteiger partial charge in [0.2, 0.25) is 0 Å². The zero-order valence-electron chi connectivity index (χ0n) is 115. The van der Waals surface area contributed by atoms with E-state index in [1.807, 2.05) is 27.7 Å². The van der Waals surface area contributed by atoms with E-state index in [9.17, 15) is 102 Å². The fraction of sp³-hybridized carbons (Fsp3) is 0.962. The van der Waals surface area contributed by atoms with Gasteiger partial charge in [-0.05, 0) is 518 Å². The summed E-state index contributed by atoms with van der Waals surface area (Å²) in [6, 6.07) is 0. The van der Waals surface area contributed by atoms with Crippen LogP contribution in [0.25, 0.3) is 0 Å². The molecule has 20 aliphatic rings. The van der Waals surface area contributed by atoms with Gasteiger partial charge in [-0.1, -0.05) is 170 Å². The van der Waals surface area contributed by atoms with Gasteiger partial charge in [-0.3, -0.25) is 24.0 Å². The van der Waals surface area contributed by atoms with Crippen molar-refractivity contribution in [3.8, 4) is 0 Å². The Labute approximate surface area is 935 Å². The summed E-state index contributed by atoms with van der Waals surface area (Å²) in [5, 5.41) is 158. The van der Waals surface area contributed by atoms with Gasteiger partial charge < -0.3 is 76.6 Å². The molecule has 0 amide bonds. The number of carboxylic acid groups (broad SMARTS) is 5. The molecule has 0 bridgehead atoms.